The molecule has 120 valence electrons. The summed E-state index contributed by atoms with van der Waals surface area (Å²) in [4.78, 5) is 0.261. The molecule has 1 heterocycles. The lowest BCUT2D eigenvalue weighted by molar-refractivity contribution is 0.285. The molecule has 1 fully saturated rings. The Morgan fingerprint density at radius 2 is 2.00 bits per heavy atom. The maximum Gasteiger partial charge on any atom is 0.244 e. The van der Waals surface area contributed by atoms with Crippen LogP contribution in [0.4, 0.5) is 0 Å². The molecule has 0 radical (unpaired) electrons. The molecule has 1 aromatic heterocycles. The molecule has 2 rings (SSSR count). The maximum atomic E-state index is 12.5. The summed E-state index contributed by atoms with van der Waals surface area (Å²) in [6.45, 7) is 4.89. The molecule has 1 aliphatic carbocycles. The van der Waals surface area contributed by atoms with E-state index in [-0.39, 0.29) is 10.3 Å². The zero-order valence-corrected chi connectivity index (χ0v) is 14.0. The highest BCUT2D eigenvalue weighted by Crippen LogP contribution is 2.40. The topological polar surface area (TPSA) is 71.3 Å². The van der Waals surface area contributed by atoms with Crippen LogP contribution in [0.1, 0.15) is 50.5 Å². The van der Waals surface area contributed by atoms with Gasteiger partial charge in [0.05, 0.1) is 6.54 Å². The average molecular weight is 314 g/mol. The normalized spacial score (nSPS) is 18.2. The lowest BCUT2D eigenvalue weighted by Gasteiger charge is -2.27. The fraction of sp³-hybridized carbons (Fsp3) is 0.733. The Kier molecular flexibility index (Phi) is 5.11. The number of nitrogens with one attached hydrogen (secondary N) is 2. The van der Waals surface area contributed by atoms with E-state index in [1.807, 2.05) is 0 Å². The lowest BCUT2D eigenvalue weighted by Crippen LogP contribution is -2.35. The predicted octanol–water partition coefficient (Wildman–Crippen LogP) is 2.56. The summed E-state index contributed by atoms with van der Waals surface area (Å²) in [7, 11) is -1.69. The number of rotatable bonds is 7. The van der Waals surface area contributed by atoms with Crippen LogP contribution in [0.15, 0.2) is 15.4 Å². The molecule has 5 nitrogen and oxygen atoms in total. The fourth-order valence-electron chi connectivity index (χ4n) is 3.16. The molecule has 21 heavy (non-hydrogen) atoms. The van der Waals surface area contributed by atoms with E-state index in [1.165, 1.54) is 12.8 Å². The number of sulfonamides is 1. The molecule has 1 aliphatic rings. The van der Waals surface area contributed by atoms with Crippen molar-refractivity contribution in [3.8, 4) is 0 Å². The minimum Gasteiger partial charge on any atom is -0.464 e. The van der Waals surface area contributed by atoms with Crippen LogP contribution in [-0.2, 0) is 16.6 Å². The van der Waals surface area contributed by atoms with E-state index in [1.54, 1.807) is 20.0 Å². The fourth-order valence-corrected chi connectivity index (χ4v) is 4.52. The van der Waals surface area contributed by atoms with Gasteiger partial charge in [-0.15, -0.1) is 0 Å². The van der Waals surface area contributed by atoms with Crippen molar-refractivity contribution in [1.29, 1.82) is 0 Å². The predicted molar refractivity (Wildman–Crippen MR) is 82.6 cm³/mol. The van der Waals surface area contributed by atoms with Gasteiger partial charge in [-0.2, -0.15) is 0 Å². The molecule has 1 aromatic rings. The van der Waals surface area contributed by atoms with Crippen LogP contribution in [0.25, 0.3) is 0 Å². The molecule has 0 unspecified atom stereocenters. The SMILES string of the molecule is CCC1(CNS(=O)(=O)c2cc(CNC)oc2C)CCCC1. The third-order valence-corrected chi connectivity index (χ3v) is 6.12. The molecule has 0 atom stereocenters. The Bertz CT molecular complexity index is 572. The first-order chi connectivity index (χ1) is 9.92. The monoisotopic (exact) mass is 314 g/mol. The second-order valence-corrected chi connectivity index (χ2v) is 7.78. The van der Waals surface area contributed by atoms with Crippen LogP contribution < -0.4 is 10.0 Å². The van der Waals surface area contributed by atoms with Crippen LogP contribution in [0.5, 0.6) is 0 Å². The van der Waals surface area contributed by atoms with Crippen molar-refractivity contribution in [3.63, 3.8) is 0 Å². The van der Waals surface area contributed by atoms with Crippen molar-refractivity contribution in [2.75, 3.05) is 13.6 Å². The summed E-state index contributed by atoms with van der Waals surface area (Å²) >= 11 is 0. The summed E-state index contributed by atoms with van der Waals surface area (Å²) < 4.78 is 33.3. The second kappa shape index (κ2) is 6.50. The van der Waals surface area contributed by atoms with Gasteiger partial charge in [-0.3, -0.25) is 0 Å². The Balaban J connectivity index is 2.11. The van der Waals surface area contributed by atoms with Gasteiger partial charge in [0, 0.05) is 12.6 Å². The molecule has 0 aromatic carbocycles. The first-order valence-corrected chi connectivity index (χ1v) is 9.14. The van der Waals surface area contributed by atoms with Crippen LogP contribution in [0, 0.1) is 12.3 Å². The largest absolute Gasteiger partial charge is 0.464 e. The zero-order chi connectivity index (χ0) is 15.5. The minimum absolute atomic E-state index is 0.137. The van der Waals surface area contributed by atoms with Gasteiger partial charge in [0.25, 0.3) is 0 Å². The molecule has 0 spiro atoms. The lowest BCUT2D eigenvalue weighted by atomic mass is 9.84. The van der Waals surface area contributed by atoms with Crippen molar-refractivity contribution in [1.82, 2.24) is 10.0 Å². The van der Waals surface area contributed by atoms with Crippen molar-refractivity contribution in [3.05, 3.63) is 17.6 Å². The van der Waals surface area contributed by atoms with E-state index in [2.05, 4.69) is 17.0 Å². The van der Waals surface area contributed by atoms with Gasteiger partial charge < -0.3 is 9.73 Å². The molecular formula is C15H26N2O3S. The first kappa shape index (κ1) is 16.5. The smallest absolute Gasteiger partial charge is 0.244 e. The number of aryl methyl sites for hydroxylation is 1. The first-order valence-electron chi connectivity index (χ1n) is 7.66. The van der Waals surface area contributed by atoms with E-state index in [4.69, 9.17) is 4.42 Å². The molecule has 1 saturated carbocycles. The van der Waals surface area contributed by atoms with E-state index in [9.17, 15) is 8.42 Å². The summed E-state index contributed by atoms with van der Waals surface area (Å²) in [5.41, 5.74) is 0.137. The van der Waals surface area contributed by atoms with Crippen LogP contribution in [0.3, 0.4) is 0 Å². The van der Waals surface area contributed by atoms with Gasteiger partial charge in [0.15, 0.2) is 0 Å². The molecule has 0 bridgehead atoms. The van der Waals surface area contributed by atoms with Gasteiger partial charge in [-0.25, -0.2) is 13.1 Å². The van der Waals surface area contributed by atoms with E-state index < -0.39 is 10.0 Å². The Morgan fingerprint density at radius 1 is 1.33 bits per heavy atom. The van der Waals surface area contributed by atoms with Crippen molar-refractivity contribution in [2.24, 2.45) is 5.41 Å². The molecule has 0 aliphatic heterocycles. The highest BCUT2D eigenvalue weighted by Gasteiger charge is 2.34. The summed E-state index contributed by atoms with van der Waals surface area (Å²) in [5.74, 6) is 1.09. The quantitative estimate of drug-likeness (QED) is 0.811. The van der Waals surface area contributed by atoms with Gasteiger partial charge in [0.1, 0.15) is 16.4 Å². The molecule has 0 saturated heterocycles. The van der Waals surface area contributed by atoms with Gasteiger partial charge in [-0.05, 0) is 38.6 Å². The van der Waals surface area contributed by atoms with E-state index in [0.717, 1.165) is 19.3 Å². The van der Waals surface area contributed by atoms with Crippen molar-refractivity contribution in [2.45, 2.75) is 57.4 Å². The average Bonchev–Trinajstić information content (AvgIpc) is 3.05. The van der Waals surface area contributed by atoms with Crippen LogP contribution >= 0.6 is 0 Å². The van der Waals surface area contributed by atoms with E-state index >= 15 is 0 Å². The number of furan rings is 1. The third kappa shape index (κ3) is 3.67. The zero-order valence-electron chi connectivity index (χ0n) is 13.2. The number of hydrogen-bond donors (Lipinski definition) is 2. The van der Waals surface area contributed by atoms with Crippen LogP contribution in [0.2, 0.25) is 0 Å². The van der Waals surface area contributed by atoms with Crippen molar-refractivity contribution < 1.29 is 12.8 Å². The molecular weight excluding hydrogens is 288 g/mol. The third-order valence-electron chi connectivity index (χ3n) is 4.62. The molecule has 0 amide bonds. The summed E-state index contributed by atoms with van der Waals surface area (Å²) in [6.07, 6.45) is 5.65. The second-order valence-electron chi connectivity index (χ2n) is 6.05. The van der Waals surface area contributed by atoms with Crippen LogP contribution in [-0.4, -0.2) is 22.0 Å². The molecule has 2 N–H and O–H groups in total. The Labute approximate surface area is 127 Å². The van der Waals surface area contributed by atoms with Gasteiger partial charge in [0.2, 0.25) is 10.0 Å². The van der Waals surface area contributed by atoms with Crippen molar-refractivity contribution >= 4 is 10.0 Å². The summed E-state index contributed by atoms with van der Waals surface area (Å²) in [5, 5.41) is 2.96. The highest BCUT2D eigenvalue weighted by atomic mass is 32.2. The van der Waals surface area contributed by atoms with Gasteiger partial charge in [-0.1, -0.05) is 19.8 Å². The van der Waals surface area contributed by atoms with Gasteiger partial charge >= 0.3 is 0 Å². The summed E-state index contributed by atoms with van der Waals surface area (Å²) in [6, 6.07) is 1.61. The maximum absolute atomic E-state index is 12.5. The Hall–Kier alpha value is -0.850. The number of hydrogen-bond acceptors (Lipinski definition) is 4. The Morgan fingerprint density at radius 3 is 2.57 bits per heavy atom. The molecule has 6 heteroatoms. The minimum atomic E-state index is -3.50. The standard InChI is InChI=1S/C15H26N2O3S/c1-4-15(7-5-6-8-15)11-17-21(18,19)14-9-13(10-16-3)20-12(14)2/h9,16-17H,4-8,10-11H2,1-3H3. The highest BCUT2D eigenvalue weighted by molar-refractivity contribution is 7.89. The van der Waals surface area contributed by atoms with E-state index in [0.29, 0.717) is 24.6 Å².